The van der Waals surface area contributed by atoms with Gasteiger partial charge in [-0.3, -0.25) is 4.90 Å². The molecule has 1 fully saturated rings. The lowest BCUT2D eigenvalue weighted by Gasteiger charge is -2.29. The molecule has 1 atom stereocenters. The van der Waals surface area contributed by atoms with Gasteiger partial charge in [-0.2, -0.15) is 0 Å². The van der Waals surface area contributed by atoms with E-state index in [1.165, 1.54) is 24.0 Å². The van der Waals surface area contributed by atoms with Crippen molar-refractivity contribution in [2.75, 3.05) is 32.1 Å². The molecule has 5 heteroatoms. The summed E-state index contributed by atoms with van der Waals surface area (Å²) in [5, 5.41) is 7.33. The molecule has 4 nitrogen and oxygen atoms in total. The van der Waals surface area contributed by atoms with Crippen LogP contribution in [0.4, 0.5) is 5.69 Å². The Morgan fingerprint density at radius 2 is 1.92 bits per heavy atom. The molecule has 2 aromatic carbocycles. The first-order valence-corrected chi connectivity index (χ1v) is 9.56. The normalized spacial score (nSPS) is 15.5. The summed E-state index contributed by atoms with van der Waals surface area (Å²) < 4.78 is 5.60. The molecule has 0 saturated carbocycles. The average molecular weight is 370 g/mol. The third kappa shape index (κ3) is 4.74. The summed E-state index contributed by atoms with van der Waals surface area (Å²) in [6.45, 7) is 5.05. The minimum atomic E-state index is 0.242. The Bertz CT molecular complexity index is 744. The quantitative estimate of drug-likeness (QED) is 0.749. The highest BCUT2D eigenvalue weighted by molar-refractivity contribution is 7.80. The van der Waals surface area contributed by atoms with E-state index in [4.69, 9.17) is 17.0 Å². The molecule has 0 bridgehead atoms. The number of likely N-dealkylation sites (tertiary alicyclic amines) is 1. The predicted molar refractivity (Wildman–Crippen MR) is 112 cm³/mol. The summed E-state index contributed by atoms with van der Waals surface area (Å²) in [5.74, 6) is 0.934. The Morgan fingerprint density at radius 3 is 2.65 bits per heavy atom. The van der Waals surface area contributed by atoms with Gasteiger partial charge in [0.15, 0.2) is 5.11 Å². The van der Waals surface area contributed by atoms with Gasteiger partial charge in [0.25, 0.3) is 0 Å². The lowest BCUT2D eigenvalue weighted by molar-refractivity contribution is 0.240. The molecule has 1 saturated heterocycles. The van der Waals surface area contributed by atoms with Gasteiger partial charge in [-0.1, -0.05) is 30.3 Å². The summed E-state index contributed by atoms with van der Waals surface area (Å²) in [5.41, 5.74) is 3.43. The first-order chi connectivity index (χ1) is 12.7. The Balaban J connectivity index is 1.69. The van der Waals surface area contributed by atoms with Gasteiger partial charge in [-0.05, 0) is 68.8 Å². The van der Waals surface area contributed by atoms with E-state index in [2.05, 4.69) is 46.7 Å². The van der Waals surface area contributed by atoms with Crippen LogP contribution in [0, 0.1) is 6.92 Å². The molecular formula is C21H27N3OS. The predicted octanol–water partition coefficient (Wildman–Crippen LogP) is 4.13. The minimum Gasteiger partial charge on any atom is -0.496 e. The first-order valence-electron chi connectivity index (χ1n) is 9.16. The van der Waals surface area contributed by atoms with E-state index in [-0.39, 0.29) is 6.04 Å². The fourth-order valence-corrected chi connectivity index (χ4v) is 3.72. The fraction of sp³-hybridized carbons (Fsp3) is 0.381. The van der Waals surface area contributed by atoms with Gasteiger partial charge in [-0.15, -0.1) is 0 Å². The van der Waals surface area contributed by atoms with Crippen molar-refractivity contribution in [3.63, 3.8) is 0 Å². The van der Waals surface area contributed by atoms with Gasteiger partial charge in [0.05, 0.1) is 13.2 Å². The van der Waals surface area contributed by atoms with Crippen molar-refractivity contribution in [1.29, 1.82) is 0 Å². The molecule has 0 aliphatic carbocycles. The molecule has 1 aliphatic heterocycles. The zero-order valence-corrected chi connectivity index (χ0v) is 16.3. The van der Waals surface area contributed by atoms with Crippen LogP contribution < -0.4 is 15.4 Å². The molecule has 1 heterocycles. The van der Waals surface area contributed by atoms with Crippen molar-refractivity contribution < 1.29 is 4.74 Å². The summed E-state index contributed by atoms with van der Waals surface area (Å²) in [6, 6.07) is 16.7. The van der Waals surface area contributed by atoms with E-state index in [1.54, 1.807) is 7.11 Å². The number of hydrogen-bond donors (Lipinski definition) is 2. The summed E-state index contributed by atoms with van der Waals surface area (Å²) in [4.78, 5) is 2.51. The maximum Gasteiger partial charge on any atom is 0.170 e. The number of aryl methyl sites for hydroxylation is 1. The largest absolute Gasteiger partial charge is 0.496 e. The van der Waals surface area contributed by atoms with Crippen molar-refractivity contribution in [3.8, 4) is 5.75 Å². The minimum absolute atomic E-state index is 0.242. The SMILES string of the molecule is COc1ccccc1C(CNC(=S)Nc1cccc(C)c1)N1CCCC1. The van der Waals surface area contributed by atoms with E-state index < -0.39 is 0 Å². The molecule has 2 N–H and O–H groups in total. The Kier molecular flexibility index (Phi) is 6.47. The maximum atomic E-state index is 5.60. The van der Waals surface area contributed by atoms with Crippen LogP contribution in [0.3, 0.4) is 0 Å². The number of hydrogen-bond acceptors (Lipinski definition) is 3. The van der Waals surface area contributed by atoms with E-state index in [0.29, 0.717) is 5.11 Å². The van der Waals surface area contributed by atoms with E-state index in [0.717, 1.165) is 31.1 Å². The highest BCUT2D eigenvalue weighted by Crippen LogP contribution is 2.31. The van der Waals surface area contributed by atoms with Crippen LogP contribution >= 0.6 is 12.2 Å². The topological polar surface area (TPSA) is 36.5 Å². The molecule has 0 aromatic heterocycles. The molecule has 138 valence electrons. The lowest BCUT2D eigenvalue weighted by atomic mass is 10.0. The molecular weight excluding hydrogens is 342 g/mol. The number of anilines is 1. The van der Waals surface area contributed by atoms with E-state index in [9.17, 15) is 0 Å². The highest BCUT2D eigenvalue weighted by Gasteiger charge is 2.25. The number of rotatable bonds is 6. The highest BCUT2D eigenvalue weighted by atomic mass is 32.1. The second-order valence-electron chi connectivity index (χ2n) is 6.71. The molecule has 0 amide bonds. The number of ether oxygens (including phenoxy) is 1. The number of benzene rings is 2. The van der Waals surface area contributed by atoms with Gasteiger partial charge in [-0.25, -0.2) is 0 Å². The number of thiocarbonyl (C=S) groups is 1. The molecule has 0 spiro atoms. The van der Waals surface area contributed by atoms with Gasteiger partial charge in [0, 0.05) is 17.8 Å². The van der Waals surface area contributed by atoms with Crippen molar-refractivity contribution in [2.45, 2.75) is 25.8 Å². The van der Waals surface area contributed by atoms with Gasteiger partial charge >= 0.3 is 0 Å². The molecule has 1 aliphatic rings. The molecule has 2 aromatic rings. The van der Waals surface area contributed by atoms with Gasteiger partial charge in [0.1, 0.15) is 5.75 Å². The summed E-state index contributed by atoms with van der Waals surface area (Å²) in [6.07, 6.45) is 2.50. The Morgan fingerprint density at radius 1 is 1.15 bits per heavy atom. The second-order valence-corrected chi connectivity index (χ2v) is 7.11. The molecule has 0 radical (unpaired) electrons. The molecule has 1 unspecified atom stereocenters. The Hall–Kier alpha value is -2.11. The van der Waals surface area contributed by atoms with Crippen LogP contribution in [0.5, 0.6) is 5.75 Å². The zero-order valence-electron chi connectivity index (χ0n) is 15.5. The monoisotopic (exact) mass is 369 g/mol. The molecule has 26 heavy (non-hydrogen) atoms. The smallest absolute Gasteiger partial charge is 0.170 e. The fourth-order valence-electron chi connectivity index (χ4n) is 3.52. The van der Waals surface area contributed by atoms with Crippen molar-refractivity contribution in [3.05, 3.63) is 59.7 Å². The van der Waals surface area contributed by atoms with Crippen LogP contribution in [0.1, 0.15) is 30.0 Å². The van der Waals surface area contributed by atoms with Crippen molar-refractivity contribution in [2.24, 2.45) is 0 Å². The summed E-state index contributed by atoms with van der Waals surface area (Å²) in [7, 11) is 1.73. The molecule has 3 rings (SSSR count). The third-order valence-corrected chi connectivity index (χ3v) is 5.06. The van der Waals surface area contributed by atoms with Crippen LogP contribution in [-0.2, 0) is 0 Å². The van der Waals surface area contributed by atoms with Gasteiger partial charge in [0.2, 0.25) is 0 Å². The van der Waals surface area contributed by atoms with Crippen molar-refractivity contribution in [1.82, 2.24) is 10.2 Å². The number of nitrogens with one attached hydrogen (secondary N) is 2. The lowest BCUT2D eigenvalue weighted by Crippen LogP contribution is -2.38. The zero-order chi connectivity index (χ0) is 18.4. The van der Waals surface area contributed by atoms with Crippen LogP contribution in [-0.4, -0.2) is 36.8 Å². The number of para-hydroxylation sites is 1. The third-order valence-electron chi connectivity index (χ3n) is 4.81. The number of methoxy groups -OCH3 is 1. The van der Waals surface area contributed by atoms with Crippen LogP contribution in [0.15, 0.2) is 48.5 Å². The van der Waals surface area contributed by atoms with Crippen molar-refractivity contribution >= 4 is 23.0 Å². The maximum absolute atomic E-state index is 5.60. The standard InChI is InChI=1S/C21H27N3OS/c1-16-8-7-9-17(14-16)23-21(26)22-15-19(24-12-5-6-13-24)18-10-3-4-11-20(18)25-2/h3-4,7-11,14,19H,5-6,12-13,15H2,1-2H3,(H2,22,23,26). The number of nitrogens with zero attached hydrogens (tertiary/aromatic N) is 1. The average Bonchev–Trinajstić information content (AvgIpc) is 3.17. The van der Waals surface area contributed by atoms with Crippen LogP contribution in [0.2, 0.25) is 0 Å². The second kappa shape index (κ2) is 9.01. The summed E-state index contributed by atoms with van der Waals surface area (Å²) >= 11 is 5.51. The first kappa shape index (κ1) is 18.7. The van der Waals surface area contributed by atoms with E-state index in [1.807, 2.05) is 24.3 Å². The Labute approximate surface area is 161 Å². The van der Waals surface area contributed by atoms with Crippen LogP contribution in [0.25, 0.3) is 0 Å². The van der Waals surface area contributed by atoms with E-state index >= 15 is 0 Å². The van der Waals surface area contributed by atoms with Gasteiger partial charge < -0.3 is 15.4 Å².